The zero-order chi connectivity index (χ0) is 18.2. The van der Waals surface area contributed by atoms with Crippen LogP contribution in [-0.2, 0) is 0 Å². The van der Waals surface area contributed by atoms with E-state index in [1.54, 1.807) is 6.07 Å². The summed E-state index contributed by atoms with van der Waals surface area (Å²) in [4.78, 5) is 2.29. The molecule has 7 heteroatoms. The smallest absolute Gasteiger partial charge is 0.203 e. The van der Waals surface area contributed by atoms with Crippen molar-refractivity contribution in [3.8, 4) is 18.2 Å². The predicted molar refractivity (Wildman–Crippen MR) is 95.4 cm³/mol. The molecule has 0 aromatic carbocycles. The molecule has 126 valence electrons. The van der Waals surface area contributed by atoms with E-state index in [0.29, 0.717) is 9.91 Å². The molecule has 0 amide bonds. The lowest BCUT2D eigenvalue weighted by molar-refractivity contribution is -0.897. The van der Waals surface area contributed by atoms with Crippen LogP contribution in [0.1, 0.15) is 17.7 Å². The normalized spacial score (nSPS) is 30.4. The lowest BCUT2D eigenvalue weighted by Gasteiger charge is -2.45. The molecule has 1 saturated carbocycles. The molecule has 1 aromatic heterocycles. The number of hydrogen-bond donors (Lipinski definition) is 2. The number of nitrogens with zero attached hydrogens (tertiary/aromatic N) is 3. The van der Waals surface area contributed by atoms with Crippen LogP contribution in [0, 0.1) is 56.7 Å². The van der Waals surface area contributed by atoms with Gasteiger partial charge in [-0.1, -0.05) is 11.6 Å². The Morgan fingerprint density at radius 2 is 2.08 bits per heavy atom. The van der Waals surface area contributed by atoms with E-state index < -0.39 is 11.3 Å². The maximum Gasteiger partial charge on any atom is 0.203 e. The number of nitriles is 3. The van der Waals surface area contributed by atoms with Gasteiger partial charge in [-0.3, -0.25) is 0 Å². The van der Waals surface area contributed by atoms with Crippen molar-refractivity contribution in [3.05, 3.63) is 33.0 Å². The largest absolute Gasteiger partial charge is 0.331 e. The molecular weight excluding hydrogens is 354 g/mol. The van der Waals surface area contributed by atoms with Gasteiger partial charge in [0, 0.05) is 16.7 Å². The van der Waals surface area contributed by atoms with Crippen molar-refractivity contribution in [2.75, 3.05) is 19.6 Å². The van der Waals surface area contributed by atoms with Crippen molar-refractivity contribution in [1.82, 2.24) is 0 Å². The Bertz CT molecular complexity index is 851. The van der Waals surface area contributed by atoms with Crippen molar-refractivity contribution < 1.29 is 4.90 Å². The first-order chi connectivity index (χ1) is 12.0. The number of hydrogen-bond acceptors (Lipinski definition) is 5. The van der Waals surface area contributed by atoms with E-state index in [1.807, 2.05) is 12.1 Å². The topological polar surface area (TPSA) is 99.7 Å². The molecule has 0 saturated heterocycles. The molecule has 4 atom stereocenters. The van der Waals surface area contributed by atoms with Gasteiger partial charge in [-0.05, 0) is 30.7 Å². The minimum atomic E-state index is -1.62. The molecule has 3 rings (SSSR count). The molecule has 2 N–H and O–H groups in total. The Morgan fingerprint density at radius 1 is 1.36 bits per heavy atom. The van der Waals surface area contributed by atoms with Crippen LogP contribution in [0.5, 0.6) is 0 Å². The quantitative estimate of drug-likeness (QED) is 0.780. The molecule has 1 fully saturated rings. The Balaban J connectivity index is 2.21. The molecule has 0 bridgehead atoms. The van der Waals surface area contributed by atoms with E-state index in [-0.39, 0.29) is 17.5 Å². The van der Waals surface area contributed by atoms with Gasteiger partial charge in [0.15, 0.2) is 0 Å². The van der Waals surface area contributed by atoms with Crippen LogP contribution in [0.15, 0.2) is 23.8 Å². The number of quaternary nitrogens is 1. The molecule has 0 spiro atoms. The van der Waals surface area contributed by atoms with Crippen LogP contribution in [-0.4, -0.2) is 25.3 Å². The number of likely N-dealkylation sites (N-methyl/N-ethyl adjacent to an activating group) is 1. The zero-order valence-electron chi connectivity index (χ0n) is 13.7. The van der Waals surface area contributed by atoms with Gasteiger partial charge in [0.2, 0.25) is 5.41 Å². The van der Waals surface area contributed by atoms with Crippen LogP contribution in [0.4, 0.5) is 0 Å². The number of thiophene rings is 1. The van der Waals surface area contributed by atoms with Crippen LogP contribution < -0.4 is 4.90 Å². The van der Waals surface area contributed by atoms with Crippen molar-refractivity contribution >= 4 is 28.6 Å². The zero-order valence-corrected chi connectivity index (χ0v) is 15.3. The van der Waals surface area contributed by atoms with Crippen molar-refractivity contribution in [2.24, 2.45) is 17.3 Å². The Hall–Kier alpha value is -2.17. The van der Waals surface area contributed by atoms with E-state index in [0.717, 1.165) is 24.5 Å². The molecule has 1 aliphatic carbocycles. The van der Waals surface area contributed by atoms with Crippen molar-refractivity contribution in [3.63, 3.8) is 0 Å². The maximum absolute atomic E-state index is 9.77. The molecule has 2 aliphatic rings. The van der Waals surface area contributed by atoms with Gasteiger partial charge >= 0.3 is 0 Å². The number of fused-ring (bicyclic) bond motifs is 1. The van der Waals surface area contributed by atoms with Gasteiger partial charge in [-0.15, -0.1) is 11.3 Å². The van der Waals surface area contributed by atoms with Crippen LogP contribution in [0.2, 0.25) is 4.34 Å². The summed E-state index contributed by atoms with van der Waals surface area (Å²) in [6, 6.07) is 10.0. The third-order valence-corrected chi connectivity index (χ3v) is 6.69. The van der Waals surface area contributed by atoms with Crippen molar-refractivity contribution in [2.45, 2.75) is 12.8 Å². The molecular formula is C18H17ClN5S+. The second-order valence-electron chi connectivity index (χ2n) is 6.44. The summed E-state index contributed by atoms with van der Waals surface area (Å²) in [6.07, 6.45) is 1.95. The maximum atomic E-state index is 9.77. The molecule has 0 radical (unpaired) electrons. The van der Waals surface area contributed by atoms with Gasteiger partial charge in [0.05, 0.1) is 53.8 Å². The fourth-order valence-corrected chi connectivity index (χ4v) is 5.30. The highest BCUT2D eigenvalue weighted by molar-refractivity contribution is 7.16. The number of nitrogens with one attached hydrogen (secondary N) is 2. The fourth-order valence-electron chi connectivity index (χ4n) is 4.04. The van der Waals surface area contributed by atoms with E-state index in [1.165, 1.54) is 16.2 Å². The van der Waals surface area contributed by atoms with Crippen LogP contribution >= 0.6 is 22.9 Å². The molecule has 2 heterocycles. The number of halogens is 1. The van der Waals surface area contributed by atoms with Crippen molar-refractivity contribution in [1.29, 1.82) is 21.2 Å². The van der Waals surface area contributed by atoms with Crippen LogP contribution in [0.3, 0.4) is 0 Å². The minimum Gasteiger partial charge on any atom is -0.331 e. The Labute approximate surface area is 155 Å². The molecule has 1 aliphatic heterocycles. The summed E-state index contributed by atoms with van der Waals surface area (Å²) in [7, 11) is 0. The number of rotatable bonds is 2. The van der Waals surface area contributed by atoms with Gasteiger partial charge < -0.3 is 10.3 Å². The Morgan fingerprint density at radius 3 is 2.60 bits per heavy atom. The third-order valence-electron chi connectivity index (χ3n) is 5.36. The van der Waals surface area contributed by atoms with E-state index in [4.69, 9.17) is 17.0 Å². The summed E-state index contributed by atoms with van der Waals surface area (Å²) < 4.78 is 0.636. The molecule has 25 heavy (non-hydrogen) atoms. The van der Waals surface area contributed by atoms with Crippen LogP contribution in [0.25, 0.3) is 0 Å². The lowest BCUT2D eigenvalue weighted by Crippen LogP contribution is -3.13. The minimum absolute atomic E-state index is 0.100. The second kappa shape index (κ2) is 6.62. The fraction of sp³-hybridized carbons (Fsp3) is 0.444. The van der Waals surface area contributed by atoms with E-state index in [2.05, 4.69) is 25.1 Å². The monoisotopic (exact) mass is 370 g/mol. The van der Waals surface area contributed by atoms with Gasteiger partial charge in [0.1, 0.15) is 0 Å². The van der Waals surface area contributed by atoms with E-state index in [9.17, 15) is 15.8 Å². The Kier molecular flexibility index (Phi) is 4.67. The van der Waals surface area contributed by atoms with Gasteiger partial charge in [-0.25, -0.2) is 0 Å². The lowest BCUT2D eigenvalue weighted by atomic mass is 9.56. The summed E-state index contributed by atoms with van der Waals surface area (Å²) in [5.74, 6) is -1.15. The van der Waals surface area contributed by atoms with E-state index >= 15 is 0 Å². The highest BCUT2D eigenvalue weighted by atomic mass is 35.5. The first-order valence-corrected chi connectivity index (χ1v) is 9.32. The highest BCUT2D eigenvalue weighted by Gasteiger charge is 2.57. The summed E-state index contributed by atoms with van der Waals surface area (Å²) >= 11 is 7.52. The molecule has 1 aromatic rings. The average Bonchev–Trinajstić information content (AvgIpc) is 3.06. The highest BCUT2D eigenvalue weighted by Crippen LogP contribution is 2.52. The first kappa shape index (κ1) is 17.6. The predicted octanol–water partition coefficient (Wildman–Crippen LogP) is 2.15. The summed E-state index contributed by atoms with van der Waals surface area (Å²) in [6.45, 7) is 4.51. The average molecular weight is 371 g/mol. The standard InChI is InChI=1S/C18H16ClN5S/c1-2-24-6-5-13-12(8-24)16(14-3-4-15(19)25-14)11(7-20)17(23)18(13,9-21)10-22/h3-5,11-12,16,23H,2,6,8H2,1H3/p+1/t11-,12-,16-/m1/s1. The molecule has 1 unspecified atom stereocenters. The molecule has 5 nitrogen and oxygen atoms in total. The SMILES string of the molecule is CC[NH+]1CC=C2[C@@H](C1)[C@H](c1ccc(Cl)s1)[C@@H](C#N)C(=N)C2(C#N)C#N. The second-order valence-corrected chi connectivity index (χ2v) is 8.19. The van der Waals surface area contributed by atoms with Gasteiger partial charge in [-0.2, -0.15) is 15.8 Å². The summed E-state index contributed by atoms with van der Waals surface area (Å²) in [5, 5.41) is 37.8. The van der Waals surface area contributed by atoms with Gasteiger partial charge in [0.25, 0.3) is 0 Å². The third kappa shape index (κ3) is 2.57. The first-order valence-electron chi connectivity index (χ1n) is 8.12. The summed E-state index contributed by atoms with van der Waals surface area (Å²) in [5.41, 5.74) is -1.03.